The molecule has 2 aliphatic rings. The van der Waals surface area contributed by atoms with E-state index in [9.17, 15) is 9.90 Å². The summed E-state index contributed by atoms with van der Waals surface area (Å²) < 4.78 is 12.5. The van der Waals surface area contributed by atoms with E-state index in [4.69, 9.17) is 9.47 Å². The quantitative estimate of drug-likeness (QED) is 0.817. The van der Waals surface area contributed by atoms with Gasteiger partial charge in [-0.2, -0.15) is 0 Å². The van der Waals surface area contributed by atoms with Gasteiger partial charge in [0.15, 0.2) is 6.29 Å². The molecule has 0 aliphatic carbocycles. The number of carboxylic acids is 1. The third-order valence-electron chi connectivity index (χ3n) is 4.67. The number of carboxylic acid groups (broad SMARTS) is 1. The van der Waals surface area contributed by atoms with Crippen LogP contribution in [-0.2, 0) is 15.9 Å². The molecule has 1 aromatic rings. The first-order chi connectivity index (χ1) is 11.5. The van der Waals surface area contributed by atoms with Crippen LogP contribution in [0.25, 0.3) is 0 Å². The number of aromatic carboxylic acids is 1. The third-order valence-corrected chi connectivity index (χ3v) is 5.27. The summed E-state index contributed by atoms with van der Waals surface area (Å²) in [7, 11) is 0. The maximum Gasteiger partial charge on any atom is 0.335 e. The lowest BCUT2D eigenvalue weighted by Gasteiger charge is -2.33. The van der Waals surface area contributed by atoms with Crippen molar-refractivity contribution in [2.75, 3.05) is 18.1 Å². The minimum atomic E-state index is -0.898. The fourth-order valence-corrected chi connectivity index (χ4v) is 4.35. The molecule has 0 aromatic heterocycles. The van der Waals surface area contributed by atoms with Gasteiger partial charge in [0.1, 0.15) is 0 Å². The SMILES string of the molecule is CC(C)N1c2c(Br)cc(C(=O)O)cc2CC1COC1CCCCO1. The Morgan fingerprint density at radius 2 is 2.25 bits per heavy atom. The molecule has 1 aromatic carbocycles. The van der Waals surface area contributed by atoms with E-state index < -0.39 is 5.97 Å². The number of nitrogens with zero attached hydrogens (tertiary/aromatic N) is 1. The molecule has 2 unspecified atom stereocenters. The van der Waals surface area contributed by atoms with Crippen molar-refractivity contribution < 1.29 is 19.4 Å². The van der Waals surface area contributed by atoms with Crippen LogP contribution in [0, 0.1) is 0 Å². The van der Waals surface area contributed by atoms with Gasteiger partial charge in [-0.05, 0) is 73.2 Å². The Balaban J connectivity index is 1.78. The van der Waals surface area contributed by atoms with Crippen molar-refractivity contribution in [2.24, 2.45) is 0 Å². The largest absolute Gasteiger partial charge is 0.478 e. The molecule has 1 N–H and O–H groups in total. The standard InChI is InChI=1S/C18H24BrNO4/c1-11(2)20-14(10-24-16-5-3-4-6-23-16)8-12-7-13(18(21)22)9-15(19)17(12)20/h7,9,11,14,16H,3-6,8,10H2,1-2H3,(H,21,22). The third kappa shape index (κ3) is 3.60. The fourth-order valence-electron chi connectivity index (χ4n) is 3.64. The molecule has 0 spiro atoms. The number of carbonyl (C=O) groups is 1. The molecular weight excluding hydrogens is 374 g/mol. The smallest absolute Gasteiger partial charge is 0.335 e. The van der Waals surface area contributed by atoms with Gasteiger partial charge < -0.3 is 19.5 Å². The number of fused-ring (bicyclic) bond motifs is 1. The lowest BCUT2D eigenvalue weighted by atomic mass is 10.1. The first-order valence-corrected chi connectivity index (χ1v) is 9.34. The van der Waals surface area contributed by atoms with Crippen LogP contribution in [0.5, 0.6) is 0 Å². The predicted molar refractivity (Wildman–Crippen MR) is 95.8 cm³/mol. The summed E-state index contributed by atoms with van der Waals surface area (Å²) in [5.74, 6) is -0.898. The van der Waals surface area contributed by atoms with Crippen LogP contribution in [0.1, 0.15) is 49.0 Å². The number of ether oxygens (including phenoxy) is 2. The average molecular weight is 398 g/mol. The van der Waals surface area contributed by atoms with Crippen molar-refractivity contribution in [3.63, 3.8) is 0 Å². The van der Waals surface area contributed by atoms with Crippen molar-refractivity contribution in [2.45, 2.75) is 57.9 Å². The predicted octanol–water partition coefficient (Wildman–Crippen LogP) is 3.83. The van der Waals surface area contributed by atoms with Crippen LogP contribution in [0.4, 0.5) is 5.69 Å². The van der Waals surface area contributed by atoms with Gasteiger partial charge in [-0.1, -0.05) is 0 Å². The molecule has 1 fully saturated rings. The second-order valence-electron chi connectivity index (χ2n) is 6.76. The molecular formula is C18H24BrNO4. The maximum absolute atomic E-state index is 11.3. The van der Waals surface area contributed by atoms with E-state index in [0.717, 1.165) is 48.0 Å². The van der Waals surface area contributed by atoms with Crippen molar-refractivity contribution in [1.82, 2.24) is 0 Å². The van der Waals surface area contributed by atoms with Gasteiger partial charge in [-0.25, -0.2) is 4.79 Å². The average Bonchev–Trinajstić information content (AvgIpc) is 2.93. The molecule has 24 heavy (non-hydrogen) atoms. The second kappa shape index (κ2) is 7.42. The van der Waals surface area contributed by atoms with Crippen LogP contribution >= 0.6 is 15.9 Å². The van der Waals surface area contributed by atoms with Crippen molar-refractivity contribution >= 4 is 27.6 Å². The Morgan fingerprint density at radius 1 is 1.46 bits per heavy atom. The zero-order valence-corrected chi connectivity index (χ0v) is 15.7. The Kier molecular flexibility index (Phi) is 5.47. The molecule has 3 rings (SSSR count). The van der Waals surface area contributed by atoms with Gasteiger partial charge in [0.2, 0.25) is 0 Å². The van der Waals surface area contributed by atoms with E-state index in [0.29, 0.717) is 18.2 Å². The lowest BCUT2D eigenvalue weighted by molar-refractivity contribution is -0.164. The molecule has 5 nitrogen and oxygen atoms in total. The molecule has 2 heterocycles. The fraction of sp³-hybridized carbons (Fsp3) is 0.611. The Bertz CT molecular complexity index is 613. The normalized spacial score (nSPS) is 23.6. The molecule has 2 atom stereocenters. The Morgan fingerprint density at radius 3 is 2.88 bits per heavy atom. The first-order valence-electron chi connectivity index (χ1n) is 8.54. The molecule has 1 saturated heterocycles. The highest BCUT2D eigenvalue weighted by Crippen LogP contribution is 2.41. The summed E-state index contributed by atoms with van der Waals surface area (Å²) in [6.45, 7) is 5.66. The van der Waals surface area contributed by atoms with Crippen LogP contribution in [0.2, 0.25) is 0 Å². The number of anilines is 1. The Hall–Kier alpha value is -1.11. The molecule has 0 amide bonds. The summed E-state index contributed by atoms with van der Waals surface area (Å²) >= 11 is 3.56. The van der Waals surface area contributed by atoms with Crippen LogP contribution < -0.4 is 4.90 Å². The zero-order chi connectivity index (χ0) is 17.3. The van der Waals surface area contributed by atoms with Crippen LogP contribution in [0.3, 0.4) is 0 Å². The van der Waals surface area contributed by atoms with E-state index in [1.165, 1.54) is 0 Å². The lowest BCUT2D eigenvalue weighted by Crippen LogP contribution is -2.42. The van der Waals surface area contributed by atoms with E-state index in [1.807, 2.05) is 0 Å². The van der Waals surface area contributed by atoms with Crippen molar-refractivity contribution in [1.29, 1.82) is 0 Å². The molecule has 6 heteroatoms. The van der Waals surface area contributed by atoms with Gasteiger partial charge in [-0.15, -0.1) is 0 Å². The summed E-state index contributed by atoms with van der Waals surface area (Å²) in [6.07, 6.45) is 3.90. The highest BCUT2D eigenvalue weighted by molar-refractivity contribution is 9.10. The summed E-state index contributed by atoms with van der Waals surface area (Å²) in [5, 5.41) is 9.28. The summed E-state index contributed by atoms with van der Waals surface area (Å²) in [4.78, 5) is 13.6. The van der Waals surface area contributed by atoms with Crippen LogP contribution in [0.15, 0.2) is 16.6 Å². The number of hydrogen-bond donors (Lipinski definition) is 1. The number of benzene rings is 1. The summed E-state index contributed by atoms with van der Waals surface area (Å²) in [6, 6.07) is 3.98. The highest BCUT2D eigenvalue weighted by Gasteiger charge is 2.34. The Labute approximate surface area is 151 Å². The van der Waals surface area contributed by atoms with E-state index in [-0.39, 0.29) is 12.3 Å². The van der Waals surface area contributed by atoms with Gasteiger partial charge in [0, 0.05) is 17.1 Å². The minimum absolute atomic E-state index is 0.102. The molecule has 2 aliphatic heterocycles. The molecule has 0 saturated carbocycles. The van der Waals surface area contributed by atoms with Gasteiger partial charge in [0.05, 0.1) is 23.9 Å². The number of rotatable bonds is 5. The second-order valence-corrected chi connectivity index (χ2v) is 7.61. The zero-order valence-electron chi connectivity index (χ0n) is 14.1. The summed E-state index contributed by atoms with van der Waals surface area (Å²) in [5.41, 5.74) is 2.48. The van der Waals surface area contributed by atoms with Gasteiger partial charge >= 0.3 is 5.97 Å². The number of halogens is 1. The molecule has 0 bridgehead atoms. The van der Waals surface area contributed by atoms with Gasteiger partial charge in [-0.3, -0.25) is 0 Å². The molecule has 0 radical (unpaired) electrons. The van der Waals surface area contributed by atoms with E-state index >= 15 is 0 Å². The monoisotopic (exact) mass is 397 g/mol. The molecule has 132 valence electrons. The van der Waals surface area contributed by atoms with Crippen molar-refractivity contribution in [3.8, 4) is 0 Å². The number of hydrogen-bond acceptors (Lipinski definition) is 4. The van der Waals surface area contributed by atoms with E-state index in [2.05, 4.69) is 34.7 Å². The van der Waals surface area contributed by atoms with Gasteiger partial charge in [0.25, 0.3) is 0 Å². The maximum atomic E-state index is 11.3. The van der Waals surface area contributed by atoms with E-state index in [1.54, 1.807) is 12.1 Å². The topological polar surface area (TPSA) is 59.0 Å². The minimum Gasteiger partial charge on any atom is -0.478 e. The first kappa shape index (κ1) is 17.7. The van der Waals surface area contributed by atoms with Crippen molar-refractivity contribution in [3.05, 3.63) is 27.7 Å². The highest BCUT2D eigenvalue weighted by atomic mass is 79.9. The van der Waals surface area contributed by atoms with Crippen LogP contribution in [-0.4, -0.2) is 42.7 Å².